The van der Waals surface area contributed by atoms with Gasteiger partial charge in [0.1, 0.15) is 5.75 Å². The van der Waals surface area contributed by atoms with Gasteiger partial charge < -0.3 is 5.11 Å². The number of para-hydroxylation sites is 1. The van der Waals surface area contributed by atoms with Gasteiger partial charge in [-0.05, 0) is 12.1 Å². The summed E-state index contributed by atoms with van der Waals surface area (Å²) in [5.74, 6) is 0.322. The highest BCUT2D eigenvalue weighted by Crippen LogP contribution is 2.15. The summed E-state index contributed by atoms with van der Waals surface area (Å²) in [6.45, 7) is 0. The molecule has 1 aliphatic rings. The van der Waals surface area contributed by atoms with Gasteiger partial charge in [-0.1, -0.05) is 50.3 Å². The molecule has 0 aliphatic heterocycles. The topological polar surface area (TPSA) is 20.2 Å². The fourth-order valence-corrected chi connectivity index (χ4v) is 1.31. The average Bonchev–Trinajstić information content (AvgIpc) is 2.62. The summed E-state index contributed by atoms with van der Waals surface area (Å²) in [4.78, 5) is 0. The van der Waals surface area contributed by atoms with Gasteiger partial charge in [0.2, 0.25) is 0 Å². The van der Waals surface area contributed by atoms with E-state index in [1.165, 1.54) is 32.1 Å². The van der Waals surface area contributed by atoms with Crippen LogP contribution < -0.4 is 0 Å². The molecule has 0 saturated heterocycles. The van der Waals surface area contributed by atoms with E-state index in [4.69, 9.17) is 5.11 Å². The number of rotatable bonds is 0. The Bertz CT molecular complexity index is 182. The molecule has 2 rings (SSSR count). The minimum Gasteiger partial charge on any atom is -0.508 e. The fraction of sp³-hybridized carbons (Fsp3) is 0.455. The number of phenolic OH excluding ortho intramolecular Hbond substituents is 1. The Hall–Kier alpha value is -0.980. The van der Waals surface area contributed by atoms with E-state index in [1.807, 2.05) is 6.07 Å². The summed E-state index contributed by atoms with van der Waals surface area (Å²) >= 11 is 0. The van der Waals surface area contributed by atoms with E-state index in [-0.39, 0.29) is 0 Å². The highest BCUT2D eigenvalue weighted by Gasteiger charge is 1.95. The Kier molecular flexibility index (Phi) is 4.28. The van der Waals surface area contributed by atoms with Gasteiger partial charge in [-0.15, -0.1) is 0 Å². The van der Waals surface area contributed by atoms with Crippen molar-refractivity contribution in [1.82, 2.24) is 0 Å². The van der Waals surface area contributed by atoms with Crippen LogP contribution >= 0.6 is 0 Å². The third-order valence-electron chi connectivity index (χ3n) is 2.01. The maximum atomic E-state index is 8.63. The van der Waals surface area contributed by atoms with E-state index in [9.17, 15) is 0 Å². The second-order valence-electron chi connectivity index (χ2n) is 3.10. The Labute approximate surface area is 74.1 Å². The second-order valence-corrected chi connectivity index (χ2v) is 3.10. The first kappa shape index (κ1) is 9.11. The molecule has 0 bridgehead atoms. The lowest BCUT2D eigenvalue weighted by molar-refractivity contribution is 0.475. The van der Waals surface area contributed by atoms with E-state index < -0.39 is 0 Å². The molecule has 1 aromatic rings. The Balaban J connectivity index is 0.000000127. The van der Waals surface area contributed by atoms with E-state index in [1.54, 1.807) is 24.3 Å². The van der Waals surface area contributed by atoms with Crippen LogP contribution in [0, 0.1) is 0 Å². The largest absolute Gasteiger partial charge is 0.508 e. The number of aromatic hydroxyl groups is 1. The first-order valence-electron chi connectivity index (χ1n) is 4.63. The molecule has 1 fully saturated rings. The Morgan fingerprint density at radius 2 is 1.17 bits per heavy atom. The van der Waals surface area contributed by atoms with Crippen LogP contribution in [-0.2, 0) is 0 Å². The van der Waals surface area contributed by atoms with Crippen molar-refractivity contribution in [3.63, 3.8) is 0 Å². The zero-order valence-electron chi connectivity index (χ0n) is 7.37. The fourth-order valence-electron chi connectivity index (χ4n) is 1.31. The molecule has 0 aromatic heterocycles. The lowest BCUT2D eigenvalue weighted by Crippen LogP contribution is -1.56. The van der Waals surface area contributed by atoms with Crippen molar-refractivity contribution in [2.24, 2.45) is 0 Å². The Morgan fingerprint density at radius 1 is 0.750 bits per heavy atom. The van der Waals surface area contributed by atoms with E-state index in [0.29, 0.717) is 5.75 Å². The summed E-state index contributed by atoms with van der Waals surface area (Å²) in [7, 11) is 0. The van der Waals surface area contributed by atoms with E-state index in [0.717, 1.165) is 0 Å². The predicted molar refractivity (Wildman–Crippen MR) is 51.2 cm³/mol. The first-order chi connectivity index (χ1) is 5.89. The minimum absolute atomic E-state index is 0.322. The van der Waals surface area contributed by atoms with Gasteiger partial charge in [-0.2, -0.15) is 0 Å². The molecule has 0 amide bonds. The first-order valence-corrected chi connectivity index (χ1v) is 4.63. The van der Waals surface area contributed by atoms with E-state index >= 15 is 0 Å². The Morgan fingerprint density at radius 3 is 1.42 bits per heavy atom. The summed E-state index contributed by atoms with van der Waals surface area (Å²) in [5.41, 5.74) is 0. The SMILES string of the molecule is C1CCCC1.Oc1ccccc1. The van der Waals surface area contributed by atoms with Gasteiger partial charge in [0.15, 0.2) is 0 Å². The minimum atomic E-state index is 0.322. The molecule has 0 radical (unpaired) electrons. The number of benzene rings is 1. The predicted octanol–water partition coefficient (Wildman–Crippen LogP) is 3.34. The van der Waals surface area contributed by atoms with Gasteiger partial charge in [-0.25, -0.2) is 0 Å². The van der Waals surface area contributed by atoms with Crippen LogP contribution in [0.15, 0.2) is 30.3 Å². The van der Waals surface area contributed by atoms with Crippen LogP contribution in [0.1, 0.15) is 32.1 Å². The van der Waals surface area contributed by atoms with Crippen LogP contribution in [0.2, 0.25) is 0 Å². The highest BCUT2D eigenvalue weighted by molar-refractivity contribution is 5.18. The van der Waals surface area contributed by atoms with Crippen molar-refractivity contribution in [2.45, 2.75) is 32.1 Å². The number of hydrogen-bond acceptors (Lipinski definition) is 1. The van der Waals surface area contributed by atoms with Gasteiger partial charge >= 0.3 is 0 Å². The smallest absolute Gasteiger partial charge is 0.115 e. The normalized spacial score (nSPS) is 15.0. The van der Waals surface area contributed by atoms with Crippen molar-refractivity contribution in [2.75, 3.05) is 0 Å². The average molecular weight is 164 g/mol. The molecule has 1 aromatic carbocycles. The van der Waals surface area contributed by atoms with Crippen molar-refractivity contribution < 1.29 is 5.11 Å². The maximum absolute atomic E-state index is 8.63. The van der Waals surface area contributed by atoms with Crippen LogP contribution in [0.5, 0.6) is 5.75 Å². The maximum Gasteiger partial charge on any atom is 0.115 e. The summed E-state index contributed by atoms with van der Waals surface area (Å²) < 4.78 is 0. The third-order valence-corrected chi connectivity index (χ3v) is 2.01. The lowest BCUT2D eigenvalue weighted by Gasteiger charge is -1.82. The number of phenols is 1. The summed E-state index contributed by atoms with van der Waals surface area (Å²) in [5, 5.41) is 8.63. The summed E-state index contributed by atoms with van der Waals surface area (Å²) in [6, 6.07) is 8.71. The third kappa shape index (κ3) is 4.02. The standard InChI is InChI=1S/C6H6O.C5H10/c7-6-4-2-1-3-5-6;1-2-4-5-3-1/h1-5,7H;1-5H2. The van der Waals surface area contributed by atoms with Gasteiger partial charge in [-0.3, -0.25) is 0 Å². The van der Waals surface area contributed by atoms with Crippen LogP contribution in [-0.4, -0.2) is 5.11 Å². The molecular formula is C11H16O. The molecule has 0 unspecified atom stereocenters. The molecule has 1 heteroatoms. The van der Waals surface area contributed by atoms with Crippen LogP contribution in [0.25, 0.3) is 0 Å². The molecule has 12 heavy (non-hydrogen) atoms. The number of hydrogen-bond donors (Lipinski definition) is 1. The van der Waals surface area contributed by atoms with Crippen molar-refractivity contribution in [3.05, 3.63) is 30.3 Å². The molecule has 0 heterocycles. The van der Waals surface area contributed by atoms with Crippen LogP contribution in [0.3, 0.4) is 0 Å². The second kappa shape index (κ2) is 5.64. The molecule has 0 spiro atoms. The summed E-state index contributed by atoms with van der Waals surface area (Å²) in [6.07, 6.45) is 7.50. The zero-order chi connectivity index (χ0) is 8.65. The molecule has 1 N–H and O–H groups in total. The van der Waals surface area contributed by atoms with Crippen molar-refractivity contribution in [3.8, 4) is 5.75 Å². The monoisotopic (exact) mass is 164 g/mol. The zero-order valence-corrected chi connectivity index (χ0v) is 7.37. The molecule has 1 nitrogen and oxygen atoms in total. The van der Waals surface area contributed by atoms with E-state index in [2.05, 4.69) is 0 Å². The lowest BCUT2D eigenvalue weighted by atomic mass is 10.3. The molecular weight excluding hydrogens is 148 g/mol. The molecule has 1 aliphatic carbocycles. The quantitative estimate of drug-likeness (QED) is 0.623. The molecule has 66 valence electrons. The van der Waals surface area contributed by atoms with Gasteiger partial charge in [0.25, 0.3) is 0 Å². The highest BCUT2D eigenvalue weighted by atomic mass is 16.3. The van der Waals surface area contributed by atoms with Crippen LogP contribution in [0.4, 0.5) is 0 Å². The molecule has 0 atom stereocenters. The van der Waals surface area contributed by atoms with Crippen molar-refractivity contribution >= 4 is 0 Å². The van der Waals surface area contributed by atoms with Gasteiger partial charge in [0.05, 0.1) is 0 Å². The molecule has 1 saturated carbocycles. The van der Waals surface area contributed by atoms with Crippen molar-refractivity contribution in [1.29, 1.82) is 0 Å². The van der Waals surface area contributed by atoms with Gasteiger partial charge in [0, 0.05) is 0 Å².